The van der Waals surface area contributed by atoms with Crippen molar-refractivity contribution in [3.05, 3.63) is 28.2 Å². The van der Waals surface area contributed by atoms with E-state index in [1.165, 1.54) is 30.9 Å². The first-order valence-corrected chi connectivity index (χ1v) is 3.39. The highest BCUT2D eigenvalue weighted by molar-refractivity contribution is 5.72. The number of aldehydes is 1. The summed E-state index contributed by atoms with van der Waals surface area (Å²) in [4.78, 5) is 21.5. The normalized spacial score (nSPS) is 9.50. The molecule has 64 valence electrons. The fourth-order valence-electron chi connectivity index (χ4n) is 0.861. The van der Waals surface area contributed by atoms with Gasteiger partial charge in [0.2, 0.25) is 0 Å². The van der Waals surface area contributed by atoms with Crippen LogP contribution in [0.3, 0.4) is 0 Å². The molecule has 12 heavy (non-hydrogen) atoms. The predicted molar refractivity (Wildman–Crippen MR) is 43.6 cm³/mol. The number of hydrogen-bond acceptors (Lipinski definition) is 3. The van der Waals surface area contributed by atoms with Crippen LogP contribution in [0.15, 0.2) is 16.9 Å². The van der Waals surface area contributed by atoms with Gasteiger partial charge in [-0.05, 0) is 0 Å². The summed E-state index contributed by atoms with van der Waals surface area (Å²) in [5, 5.41) is 0. The molecule has 0 aromatic carbocycles. The van der Waals surface area contributed by atoms with Crippen LogP contribution in [-0.4, -0.2) is 18.0 Å². The Morgan fingerprint density at radius 1 is 1.50 bits per heavy atom. The molecular formula is C8H9NO3. The molecule has 4 nitrogen and oxygen atoms in total. The van der Waals surface area contributed by atoms with E-state index < -0.39 is 0 Å². The van der Waals surface area contributed by atoms with Crippen molar-refractivity contribution in [2.45, 2.75) is 0 Å². The molecule has 0 radical (unpaired) electrons. The highest BCUT2D eigenvalue weighted by Gasteiger charge is 2.01. The zero-order valence-corrected chi connectivity index (χ0v) is 6.90. The highest BCUT2D eigenvalue weighted by Crippen LogP contribution is 2.06. The zero-order chi connectivity index (χ0) is 9.14. The monoisotopic (exact) mass is 167 g/mol. The number of carbonyl (C=O) groups excluding carboxylic acids is 1. The minimum absolute atomic E-state index is 0.253. The lowest BCUT2D eigenvalue weighted by Crippen LogP contribution is -2.19. The molecule has 0 amide bonds. The molecule has 4 heteroatoms. The number of methoxy groups -OCH3 is 1. The molecule has 0 unspecified atom stereocenters. The number of pyridine rings is 1. The summed E-state index contributed by atoms with van der Waals surface area (Å²) in [6, 6.07) is 2.83. The number of rotatable bonds is 2. The molecule has 0 spiro atoms. The van der Waals surface area contributed by atoms with Crippen LogP contribution < -0.4 is 10.3 Å². The molecule has 0 saturated carbocycles. The first kappa shape index (κ1) is 8.52. The van der Waals surface area contributed by atoms with Gasteiger partial charge < -0.3 is 9.30 Å². The Bertz CT molecular complexity index is 354. The highest BCUT2D eigenvalue weighted by atomic mass is 16.5. The van der Waals surface area contributed by atoms with Crippen LogP contribution in [0.4, 0.5) is 0 Å². The van der Waals surface area contributed by atoms with E-state index >= 15 is 0 Å². The first-order valence-electron chi connectivity index (χ1n) is 3.39. The molecule has 0 bridgehead atoms. The van der Waals surface area contributed by atoms with Crippen LogP contribution in [-0.2, 0) is 7.05 Å². The van der Waals surface area contributed by atoms with E-state index in [1.807, 2.05) is 0 Å². The van der Waals surface area contributed by atoms with Crippen LogP contribution in [0, 0.1) is 0 Å². The maximum Gasteiger partial charge on any atom is 0.254 e. The van der Waals surface area contributed by atoms with E-state index in [0.717, 1.165) is 0 Å². The SMILES string of the molecule is COc1cc(C=O)n(C)c(=O)c1. The molecule has 0 aliphatic carbocycles. The first-order chi connectivity index (χ1) is 5.69. The van der Waals surface area contributed by atoms with Gasteiger partial charge in [-0.1, -0.05) is 0 Å². The number of ether oxygens (including phenoxy) is 1. The van der Waals surface area contributed by atoms with E-state index in [-0.39, 0.29) is 5.56 Å². The summed E-state index contributed by atoms with van der Waals surface area (Å²) in [5.74, 6) is 0.403. The summed E-state index contributed by atoms with van der Waals surface area (Å²) in [6.45, 7) is 0. The second kappa shape index (κ2) is 3.21. The van der Waals surface area contributed by atoms with Crippen molar-refractivity contribution < 1.29 is 9.53 Å². The second-order valence-electron chi connectivity index (χ2n) is 2.34. The van der Waals surface area contributed by atoms with Gasteiger partial charge in [0.05, 0.1) is 12.8 Å². The predicted octanol–water partition coefficient (Wildman–Crippen LogP) is 0.206. The van der Waals surface area contributed by atoms with Crippen LogP contribution in [0.25, 0.3) is 0 Å². The molecule has 0 atom stereocenters. The molecule has 1 aromatic rings. The molecule has 0 aliphatic rings. The third kappa shape index (κ3) is 1.37. The van der Waals surface area contributed by atoms with Gasteiger partial charge in [-0.3, -0.25) is 9.59 Å². The Labute approximate surface area is 69.4 Å². The Morgan fingerprint density at radius 2 is 2.17 bits per heavy atom. The number of aromatic nitrogens is 1. The minimum atomic E-state index is -0.253. The van der Waals surface area contributed by atoms with Crippen molar-refractivity contribution >= 4 is 6.29 Å². The fraction of sp³-hybridized carbons (Fsp3) is 0.250. The number of hydrogen-bond donors (Lipinski definition) is 0. The standard InChI is InChI=1S/C8H9NO3/c1-9-6(5-10)3-7(12-2)4-8(9)11/h3-5H,1-2H3. The number of carbonyl (C=O) groups is 1. The zero-order valence-electron chi connectivity index (χ0n) is 6.90. The van der Waals surface area contributed by atoms with Gasteiger partial charge in [0.25, 0.3) is 5.56 Å². The van der Waals surface area contributed by atoms with Crippen molar-refractivity contribution in [3.63, 3.8) is 0 Å². The summed E-state index contributed by atoms with van der Waals surface area (Å²) in [5.41, 5.74) is 0.0517. The molecule has 0 fully saturated rings. The molecule has 1 aromatic heterocycles. The Kier molecular flexibility index (Phi) is 2.28. The van der Waals surface area contributed by atoms with Crippen LogP contribution in [0.1, 0.15) is 10.5 Å². The van der Waals surface area contributed by atoms with E-state index in [2.05, 4.69) is 0 Å². The molecule has 0 N–H and O–H groups in total. The smallest absolute Gasteiger partial charge is 0.254 e. The van der Waals surface area contributed by atoms with Gasteiger partial charge in [0, 0.05) is 19.2 Å². The van der Waals surface area contributed by atoms with Gasteiger partial charge in [0.15, 0.2) is 6.29 Å². The molecule has 1 heterocycles. The fourth-order valence-corrected chi connectivity index (χ4v) is 0.861. The van der Waals surface area contributed by atoms with Gasteiger partial charge in [-0.2, -0.15) is 0 Å². The minimum Gasteiger partial charge on any atom is -0.496 e. The topological polar surface area (TPSA) is 48.3 Å². The van der Waals surface area contributed by atoms with Crippen molar-refractivity contribution in [2.24, 2.45) is 7.05 Å². The third-order valence-electron chi connectivity index (χ3n) is 1.63. The maximum atomic E-state index is 11.1. The van der Waals surface area contributed by atoms with E-state index in [9.17, 15) is 9.59 Å². The summed E-state index contributed by atoms with van der Waals surface area (Å²) >= 11 is 0. The van der Waals surface area contributed by atoms with Gasteiger partial charge in [0.1, 0.15) is 5.75 Å². The molecule has 0 aliphatic heterocycles. The van der Waals surface area contributed by atoms with Gasteiger partial charge in [-0.25, -0.2) is 0 Å². The van der Waals surface area contributed by atoms with Crippen molar-refractivity contribution in [1.82, 2.24) is 4.57 Å². The van der Waals surface area contributed by atoms with Gasteiger partial charge in [-0.15, -0.1) is 0 Å². The average molecular weight is 167 g/mol. The summed E-state index contributed by atoms with van der Waals surface area (Å²) < 4.78 is 6.08. The average Bonchev–Trinajstić information content (AvgIpc) is 2.09. The van der Waals surface area contributed by atoms with Crippen LogP contribution in [0.5, 0.6) is 5.75 Å². The van der Waals surface area contributed by atoms with Crippen LogP contribution in [0.2, 0.25) is 0 Å². The van der Waals surface area contributed by atoms with Crippen LogP contribution >= 0.6 is 0 Å². The van der Waals surface area contributed by atoms with Gasteiger partial charge >= 0.3 is 0 Å². The third-order valence-corrected chi connectivity index (χ3v) is 1.63. The van der Waals surface area contributed by atoms with E-state index in [1.54, 1.807) is 0 Å². The van der Waals surface area contributed by atoms with E-state index in [0.29, 0.717) is 17.7 Å². The quantitative estimate of drug-likeness (QED) is 0.591. The number of nitrogens with zero attached hydrogens (tertiary/aromatic N) is 1. The largest absolute Gasteiger partial charge is 0.496 e. The molecule has 0 saturated heterocycles. The maximum absolute atomic E-state index is 11.1. The van der Waals surface area contributed by atoms with Crippen molar-refractivity contribution in [2.75, 3.05) is 7.11 Å². The second-order valence-corrected chi connectivity index (χ2v) is 2.34. The van der Waals surface area contributed by atoms with Crippen molar-refractivity contribution in [1.29, 1.82) is 0 Å². The Hall–Kier alpha value is -1.58. The molecular weight excluding hydrogens is 158 g/mol. The lowest BCUT2D eigenvalue weighted by Gasteiger charge is -2.03. The lowest BCUT2D eigenvalue weighted by atomic mass is 10.3. The molecule has 1 rings (SSSR count). The summed E-state index contributed by atoms with van der Waals surface area (Å²) in [7, 11) is 2.98. The van der Waals surface area contributed by atoms with Crippen molar-refractivity contribution in [3.8, 4) is 5.75 Å². The Morgan fingerprint density at radius 3 is 2.67 bits per heavy atom. The lowest BCUT2D eigenvalue weighted by molar-refractivity contribution is 0.111. The Balaban J connectivity index is 3.38. The summed E-state index contributed by atoms with van der Waals surface area (Å²) in [6.07, 6.45) is 0.615. The van der Waals surface area contributed by atoms with E-state index in [4.69, 9.17) is 4.74 Å².